The molecule has 0 aromatic carbocycles. The van der Waals surface area contributed by atoms with Crippen LogP contribution in [0.4, 0.5) is 5.82 Å². The predicted molar refractivity (Wildman–Crippen MR) is 168 cm³/mol. The normalized spacial score (nSPS) is 14.6. The number of thiocarbonyl (C=S) groups is 1. The van der Waals surface area contributed by atoms with Gasteiger partial charge in [-0.15, -0.1) is 0 Å². The summed E-state index contributed by atoms with van der Waals surface area (Å²) in [6, 6.07) is 3.81. The van der Waals surface area contributed by atoms with Gasteiger partial charge in [0.25, 0.3) is 11.5 Å². The summed E-state index contributed by atoms with van der Waals surface area (Å²) in [6.07, 6.45) is 13.5. The lowest BCUT2D eigenvalue weighted by molar-refractivity contribution is -0.137. The smallest absolute Gasteiger partial charge is 0.303 e. The SMILES string of the molecule is CCCN(CCC)c1nc2ccc(C)cn2c(=O)c1/C=C1/SC(=S)N(CCCCCCCCCCC(=O)O)C1=O. The minimum Gasteiger partial charge on any atom is -0.481 e. The lowest BCUT2D eigenvalue weighted by Crippen LogP contribution is -2.31. The highest BCUT2D eigenvalue weighted by atomic mass is 32.2. The highest BCUT2D eigenvalue weighted by Crippen LogP contribution is 2.34. The molecule has 1 aliphatic heterocycles. The molecule has 3 rings (SSSR count). The molecule has 1 amide bonds. The summed E-state index contributed by atoms with van der Waals surface area (Å²) in [5, 5.41) is 8.70. The lowest BCUT2D eigenvalue weighted by Gasteiger charge is -2.24. The van der Waals surface area contributed by atoms with Gasteiger partial charge >= 0.3 is 5.97 Å². The number of fused-ring (bicyclic) bond motifs is 1. The van der Waals surface area contributed by atoms with Crippen LogP contribution in [0.2, 0.25) is 0 Å². The average Bonchev–Trinajstić information content (AvgIpc) is 3.18. The molecule has 2 aromatic heterocycles. The molecule has 218 valence electrons. The zero-order valence-corrected chi connectivity index (χ0v) is 25.6. The van der Waals surface area contributed by atoms with E-state index >= 15 is 0 Å². The van der Waals surface area contributed by atoms with E-state index < -0.39 is 5.97 Å². The minimum absolute atomic E-state index is 0.148. The quantitative estimate of drug-likeness (QED) is 0.129. The number of unbranched alkanes of at least 4 members (excludes halogenated alkanes) is 7. The number of carboxylic acid groups (broad SMARTS) is 1. The molecule has 0 unspecified atom stereocenters. The standard InChI is InChI=1S/C30H42N4O4S2/c1-4-17-32(18-5-2)27-23(28(37)34-21-22(3)15-16-25(34)31-27)20-24-29(38)33(30(39)40-24)19-13-11-9-7-6-8-10-12-14-26(35)36/h15-16,20-21H,4-14,17-19H2,1-3H3,(H,35,36)/b24-20+. The van der Waals surface area contributed by atoms with Crippen molar-refractivity contribution in [3.63, 3.8) is 0 Å². The second-order valence-electron chi connectivity index (χ2n) is 10.4. The number of carboxylic acids is 1. The molecular weight excluding hydrogens is 544 g/mol. The van der Waals surface area contributed by atoms with Crippen LogP contribution in [0.5, 0.6) is 0 Å². The summed E-state index contributed by atoms with van der Waals surface area (Å²) in [7, 11) is 0. The fourth-order valence-corrected chi connectivity index (χ4v) is 6.20. The largest absolute Gasteiger partial charge is 0.481 e. The van der Waals surface area contributed by atoms with Crippen LogP contribution in [0.1, 0.15) is 95.6 Å². The first kappa shape index (κ1) is 31.8. The van der Waals surface area contributed by atoms with Crippen molar-refractivity contribution < 1.29 is 14.7 Å². The average molecular weight is 587 g/mol. The maximum Gasteiger partial charge on any atom is 0.303 e. The van der Waals surface area contributed by atoms with Gasteiger partial charge in [0.1, 0.15) is 15.8 Å². The van der Waals surface area contributed by atoms with Crippen molar-refractivity contribution in [2.45, 2.75) is 91.4 Å². The maximum absolute atomic E-state index is 13.7. The highest BCUT2D eigenvalue weighted by Gasteiger charge is 2.32. The Labute approximate surface area is 246 Å². The van der Waals surface area contributed by atoms with Gasteiger partial charge in [-0.1, -0.05) is 82.4 Å². The van der Waals surface area contributed by atoms with Crippen LogP contribution in [0.15, 0.2) is 28.0 Å². The van der Waals surface area contributed by atoms with E-state index in [9.17, 15) is 14.4 Å². The van der Waals surface area contributed by atoms with Gasteiger partial charge < -0.3 is 10.0 Å². The molecule has 1 aliphatic rings. The van der Waals surface area contributed by atoms with Crippen LogP contribution >= 0.6 is 24.0 Å². The fraction of sp³-hybridized carbons (Fsp3) is 0.567. The van der Waals surface area contributed by atoms with Crippen molar-refractivity contribution >= 4 is 57.7 Å². The second kappa shape index (κ2) is 15.9. The summed E-state index contributed by atoms with van der Waals surface area (Å²) < 4.78 is 2.09. The molecule has 3 heterocycles. The van der Waals surface area contributed by atoms with E-state index in [0.29, 0.717) is 32.8 Å². The van der Waals surface area contributed by atoms with Gasteiger partial charge in [-0.25, -0.2) is 4.98 Å². The van der Waals surface area contributed by atoms with E-state index in [2.05, 4.69) is 18.7 Å². The van der Waals surface area contributed by atoms with E-state index in [-0.39, 0.29) is 17.9 Å². The Hall–Kier alpha value is -2.72. The Morgan fingerprint density at radius 2 is 1.65 bits per heavy atom. The number of aryl methyl sites for hydroxylation is 1. The van der Waals surface area contributed by atoms with Crippen LogP contribution in [-0.4, -0.2) is 55.2 Å². The molecule has 10 heteroatoms. The molecule has 0 atom stereocenters. The van der Waals surface area contributed by atoms with Gasteiger partial charge in [-0.2, -0.15) is 0 Å². The molecule has 0 bridgehead atoms. The van der Waals surface area contributed by atoms with E-state index in [1.54, 1.807) is 21.6 Å². The lowest BCUT2D eigenvalue weighted by atomic mass is 10.1. The number of nitrogens with zero attached hydrogens (tertiary/aromatic N) is 4. The Balaban J connectivity index is 1.70. The van der Waals surface area contributed by atoms with Crippen molar-refractivity contribution in [3.05, 3.63) is 44.7 Å². The van der Waals surface area contributed by atoms with Crippen LogP contribution in [0.25, 0.3) is 11.7 Å². The van der Waals surface area contributed by atoms with E-state index in [4.69, 9.17) is 22.3 Å². The second-order valence-corrected chi connectivity index (χ2v) is 12.1. The number of hydrogen-bond donors (Lipinski definition) is 1. The number of rotatable bonds is 17. The van der Waals surface area contributed by atoms with Gasteiger partial charge in [-0.3, -0.25) is 23.7 Å². The first-order valence-electron chi connectivity index (χ1n) is 14.5. The van der Waals surface area contributed by atoms with Gasteiger partial charge in [-0.05, 0) is 50.3 Å². The molecule has 0 radical (unpaired) electrons. The molecule has 8 nitrogen and oxygen atoms in total. The summed E-state index contributed by atoms with van der Waals surface area (Å²) in [4.78, 5) is 46.8. The molecule has 0 aliphatic carbocycles. The number of carbonyl (C=O) groups is 2. The number of thioether (sulfide) groups is 1. The molecule has 0 saturated carbocycles. The summed E-state index contributed by atoms with van der Waals surface area (Å²) in [5.74, 6) is -0.256. The van der Waals surface area contributed by atoms with E-state index in [0.717, 1.165) is 82.9 Å². The number of pyridine rings is 1. The Bertz CT molecular complexity index is 1280. The van der Waals surface area contributed by atoms with Crippen molar-refractivity contribution in [1.82, 2.24) is 14.3 Å². The van der Waals surface area contributed by atoms with E-state index in [1.165, 1.54) is 11.8 Å². The monoisotopic (exact) mass is 586 g/mol. The third-order valence-corrected chi connectivity index (χ3v) is 8.32. The Kier molecular flexibility index (Phi) is 12.6. The van der Waals surface area contributed by atoms with Gasteiger partial charge in [0.05, 0.1) is 10.5 Å². The maximum atomic E-state index is 13.7. The molecule has 1 saturated heterocycles. The van der Waals surface area contributed by atoms with Crippen molar-refractivity contribution in [2.24, 2.45) is 0 Å². The van der Waals surface area contributed by atoms with Crippen molar-refractivity contribution in [1.29, 1.82) is 0 Å². The number of hydrogen-bond acceptors (Lipinski definition) is 7. The van der Waals surface area contributed by atoms with Crippen molar-refractivity contribution in [3.8, 4) is 0 Å². The summed E-state index contributed by atoms with van der Waals surface area (Å²) >= 11 is 6.82. The fourth-order valence-electron chi connectivity index (χ4n) is 4.91. The van der Waals surface area contributed by atoms with Crippen LogP contribution in [0.3, 0.4) is 0 Å². The predicted octanol–water partition coefficient (Wildman–Crippen LogP) is 6.43. The van der Waals surface area contributed by atoms with Gasteiger partial charge in [0.15, 0.2) is 0 Å². The third kappa shape index (κ3) is 8.64. The summed E-state index contributed by atoms with van der Waals surface area (Å²) in [6.45, 7) is 8.26. The zero-order valence-electron chi connectivity index (χ0n) is 24.0. The Morgan fingerprint density at radius 1 is 1.02 bits per heavy atom. The van der Waals surface area contributed by atoms with Crippen LogP contribution < -0.4 is 10.5 Å². The molecular formula is C30H42N4O4S2. The number of aromatic nitrogens is 2. The molecule has 1 N–H and O–H groups in total. The van der Waals surface area contributed by atoms with Crippen LogP contribution in [-0.2, 0) is 9.59 Å². The first-order chi connectivity index (χ1) is 19.3. The topological polar surface area (TPSA) is 95.2 Å². The molecule has 1 fully saturated rings. The van der Waals surface area contributed by atoms with Gasteiger partial charge in [0.2, 0.25) is 0 Å². The number of aliphatic carboxylic acids is 1. The number of carbonyl (C=O) groups excluding carboxylic acids is 1. The van der Waals surface area contributed by atoms with E-state index in [1.807, 2.05) is 19.1 Å². The molecule has 2 aromatic rings. The van der Waals surface area contributed by atoms with Crippen LogP contribution in [0, 0.1) is 6.92 Å². The zero-order chi connectivity index (χ0) is 29.1. The molecule has 40 heavy (non-hydrogen) atoms. The Morgan fingerprint density at radius 3 is 2.27 bits per heavy atom. The first-order valence-corrected chi connectivity index (χ1v) is 15.7. The molecule has 0 spiro atoms. The van der Waals surface area contributed by atoms with Gasteiger partial charge in [0, 0.05) is 32.3 Å². The minimum atomic E-state index is -0.725. The summed E-state index contributed by atoms with van der Waals surface area (Å²) in [5.41, 5.74) is 1.79. The van der Waals surface area contributed by atoms with Crippen molar-refractivity contribution in [2.75, 3.05) is 24.5 Å². The highest BCUT2D eigenvalue weighted by molar-refractivity contribution is 8.26. The third-order valence-electron chi connectivity index (χ3n) is 6.94. The number of amides is 1. The number of anilines is 1.